The molecule has 0 amide bonds. The highest BCUT2D eigenvalue weighted by molar-refractivity contribution is 9.10. The van der Waals surface area contributed by atoms with Crippen LogP contribution in [0.25, 0.3) is 10.9 Å². The third-order valence-corrected chi connectivity index (χ3v) is 3.11. The molecule has 0 radical (unpaired) electrons. The summed E-state index contributed by atoms with van der Waals surface area (Å²) in [5.41, 5.74) is 1.67. The lowest BCUT2D eigenvalue weighted by molar-refractivity contribution is -0.108. The van der Waals surface area contributed by atoms with Gasteiger partial charge in [-0.3, -0.25) is 4.79 Å². The fourth-order valence-corrected chi connectivity index (χ4v) is 2.45. The van der Waals surface area contributed by atoms with Gasteiger partial charge in [0.15, 0.2) is 0 Å². The first kappa shape index (κ1) is 11.1. The zero-order chi connectivity index (χ0) is 11.7. The van der Waals surface area contributed by atoms with E-state index in [2.05, 4.69) is 15.9 Å². The van der Waals surface area contributed by atoms with E-state index in [1.165, 1.54) is 10.6 Å². The van der Waals surface area contributed by atoms with Crippen molar-refractivity contribution in [1.29, 1.82) is 0 Å². The number of rotatable bonds is 2. The lowest BCUT2D eigenvalue weighted by Gasteiger charge is -2.09. The Balaban J connectivity index is 2.91. The number of carbonyl (C=O) groups is 1. The van der Waals surface area contributed by atoms with Crippen LogP contribution in [-0.2, 0) is 11.3 Å². The SMILES string of the molecule is Cc1cc(Br)c2ccc(=O)n(CC=O)c2c1. The van der Waals surface area contributed by atoms with E-state index >= 15 is 0 Å². The van der Waals surface area contributed by atoms with Crippen molar-refractivity contribution in [2.45, 2.75) is 13.5 Å². The van der Waals surface area contributed by atoms with Crippen LogP contribution in [0.4, 0.5) is 0 Å². The zero-order valence-corrected chi connectivity index (χ0v) is 10.3. The summed E-state index contributed by atoms with van der Waals surface area (Å²) in [6.45, 7) is 2.04. The van der Waals surface area contributed by atoms with Gasteiger partial charge in [-0.25, -0.2) is 0 Å². The van der Waals surface area contributed by atoms with Crippen LogP contribution in [0, 0.1) is 6.92 Å². The molecule has 0 aliphatic heterocycles. The molecule has 0 aliphatic rings. The van der Waals surface area contributed by atoms with Gasteiger partial charge < -0.3 is 9.36 Å². The number of benzene rings is 1. The van der Waals surface area contributed by atoms with Crippen molar-refractivity contribution in [2.24, 2.45) is 0 Å². The summed E-state index contributed by atoms with van der Waals surface area (Å²) in [4.78, 5) is 22.2. The van der Waals surface area contributed by atoms with E-state index in [0.29, 0.717) is 0 Å². The molecule has 16 heavy (non-hydrogen) atoms. The molecule has 0 unspecified atom stereocenters. The van der Waals surface area contributed by atoms with Crippen LogP contribution in [0.2, 0.25) is 0 Å². The van der Waals surface area contributed by atoms with Crippen molar-refractivity contribution in [3.8, 4) is 0 Å². The third kappa shape index (κ3) is 1.80. The number of carbonyl (C=O) groups excluding carboxylic acids is 1. The highest BCUT2D eigenvalue weighted by Gasteiger charge is 2.05. The second-order valence-corrected chi connectivity index (χ2v) is 4.48. The van der Waals surface area contributed by atoms with Gasteiger partial charge >= 0.3 is 0 Å². The minimum Gasteiger partial charge on any atom is -0.301 e. The molecular formula is C12H10BrNO2. The first-order valence-electron chi connectivity index (χ1n) is 4.87. The molecule has 1 heterocycles. The molecule has 0 spiro atoms. The Morgan fingerprint density at radius 2 is 2.12 bits per heavy atom. The predicted octanol–water partition coefficient (Wildman–Crippen LogP) is 2.27. The molecule has 3 nitrogen and oxygen atoms in total. The van der Waals surface area contributed by atoms with Crippen molar-refractivity contribution in [3.05, 3.63) is 44.7 Å². The number of nitrogens with zero attached hydrogens (tertiary/aromatic N) is 1. The fraction of sp³-hybridized carbons (Fsp3) is 0.167. The lowest BCUT2D eigenvalue weighted by atomic mass is 10.1. The van der Waals surface area contributed by atoms with Gasteiger partial charge in [-0.05, 0) is 30.7 Å². The molecule has 0 bridgehead atoms. The van der Waals surface area contributed by atoms with E-state index in [-0.39, 0.29) is 12.1 Å². The largest absolute Gasteiger partial charge is 0.301 e. The van der Waals surface area contributed by atoms with E-state index in [9.17, 15) is 9.59 Å². The van der Waals surface area contributed by atoms with Gasteiger partial charge in [0, 0.05) is 15.9 Å². The van der Waals surface area contributed by atoms with Crippen LogP contribution in [-0.4, -0.2) is 10.9 Å². The Hall–Kier alpha value is -1.42. The van der Waals surface area contributed by atoms with Gasteiger partial charge in [0.25, 0.3) is 5.56 Å². The van der Waals surface area contributed by atoms with Crippen LogP contribution >= 0.6 is 15.9 Å². The summed E-state index contributed by atoms with van der Waals surface area (Å²) in [5.74, 6) is 0. The van der Waals surface area contributed by atoms with Gasteiger partial charge in [-0.2, -0.15) is 0 Å². The normalized spacial score (nSPS) is 10.6. The zero-order valence-electron chi connectivity index (χ0n) is 8.74. The maximum Gasteiger partial charge on any atom is 0.251 e. The molecule has 1 aromatic heterocycles. The molecule has 4 heteroatoms. The van der Waals surface area contributed by atoms with Crippen molar-refractivity contribution < 1.29 is 4.79 Å². The molecule has 0 aliphatic carbocycles. The van der Waals surface area contributed by atoms with Crippen LogP contribution < -0.4 is 5.56 Å². The minimum absolute atomic E-state index is 0.0894. The summed E-state index contributed by atoms with van der Waals surface area (Å²) in [7, 11) is 0. The molecule has 2 rings (SSSR count). The monoisotopic (exact) mass is 279 g/mol. The van der Waals surface area contributed by atoms with Crippen LogP contribution in [0.1, 0.15) is 5.56 Å². The Bertz CT molecular complexity index is 616. The van der Waals surface area contributed by atoms with Gasteiger partial charge in [0.05, 0.1) is 12.1 Å². The summed E-state index contributed by atoms with van der Waals surface area (Å²) < 4.78 is 2.40. The number of hydrogen-bond donors (Lipinski definition) is 0. The van der Waals surface area contributed by atoms with Crippen LogP contribution in [0.5, 0.6) is 0 Å². The summed E-state index contributed by atoms with van der Waals surface area (Å²) in [6.07, 6.45) is 0.733. The van der Waals surface area contributed by atoms with Crippen LogP contribution in [0.15, 0.2) is 33.5 Å². The van der Waals surface area contributed by atoms with E-state index in [0.717, 1.165) is 27.2 Å². The first-order valence-corrected chi connectivity index (χ1v) is 5.66. The predicted molar refractivity (Wildman–Crippen MR) is 66.7 cm³/mol. The maximum absolute atomic E-state index is 11.6. The first-order chi connectivity index (χ1) is 7.63. The highest BCUT2D eigenvalue weighted by atomic mass is 79.9. The number of hydrogen-bond acceptors (Lipinski definition) is 2. The van der Waals surface area contributed by atoms with Gasteiger partial charge in [-0.1, -0.05) is 15.9 Å². The Morgan fingerprint density at radius 1 is 1.38 bits per heavy atom. The second-order valence-electron chi connectivity index (χ2n) is 3.63. The van der Waals surface area contributed by atoms with E-state index < -0.39 is 0 Å². The second kappa shape index (κ2) is 4.22. The maximum atomic E-state index is 11.6. The van der Waals surface area contributed by atoms with E-state index in [1.54, 1.807) is 6.07 Å². The number of fused-ring (bicyclic) bond motifs is 1. The summed E-state index contributed by atoms with van der Waals surface area (Å²) >= 11 is 3.45. The summed E-state index contributed by atoms with van der Waals surface area (Å²) in [6, 6.07) is 7.14. The Labute approximate surface area is 101 Å². The molecular weight excluding hydrogens is 270 g/mol. The average Bonchev–Trinajstić information content (AvgIpc) is 2.22. The number of aryl methyl sites for hydroxylation is 1. The molecule has 0 saturated heterocycles. The Kier molecular flexibility index (Phi) is 2.92. The molecule has 1 aromatic carbocycles. The molecule has 0 N–H and O–H groups in total. The third-order valence-electron chi connectivity index (χ3n) is 2.46. The van der Waals surface area contributed by atoms with Crippen LogP contribution in [0.3, 0.4) is 0 Å². The van der Waals surface area contributed by atoms with Gasteiger partial charge in [0.1, 0.15) is 6.29 Å². The standard InChI is InChI=1S/C12H10BrNO2/c1-8-6-10(13)9-2-3-12(16)14(4-5-15)11(9)7-8/h2-3,5-7H,4H2,1H3. The summed E-state index contributed by atoms with van der Waals surface area (Å²) in [5, 5.41) is 0.937. The minimum atomic E-state index is -0.155. The van der Waals surface area contributed by atoms with Crippen molar-refractivity contribution >= 4 is 33.1 Å². The molecule has 2 aromatic rings. The quantitative estimate of drug-likeness (QED) is 0.792. The topological polar surface area (TPSA) is 39.1 Å². The number of aldehydes is 1. The lowest BCUT2D eigenvalue weighted by Crippen LogP contribution is -2.20. The fourth-order valence-electron chi connectivity index (χ4n) is 1.75. The smallest absolute Gasteiger partial charge is 0.251 e. The van der Waals surface area contributed by atoms with Gasteiger partial charge in [0.2, 0.25) is 0 Å². The van der Waals surface area contributed by atoms with Crippen molar-refractivity contribution in [2.75, 3.05) is 0 Å². The molecule has 0 atom stereocenters. The molecule has 0 fully saturated rings. The average molecular weight is 280 g/mol. The number of aromatic nitrogens is 1. The Morgan fingerprint density at radius 3 is 2.81 bits per heavy atom. The molecule has 0 saturated carbocycles. The van der Waals surface area contributed by atoms with E-state index in [4.69, 9.17) is 0 Å². The van der Waals surface area contributed by atoms with Crippen molar-refractivity contribution in [3.63, 3.8) is 0 Å². The number of pyridine rings is 1. The van der Waals surface area contributed by atoms with Crippen molar-refractivity contribution in [1.82, 2.24) is 4.57 Å². The van der Waals surface area contributed by atoms with Gasteiger partial charge in [-0.15, -0.1) is 0 Å². The number of halogens is 1. The highest BCUT2D eigenvalue weighted by Crippen LogP contribution is 2.24. The van der Waals surface area contributed by atoms with E-state index in [1.807, 2.05) is 19.1 Å². The molecule has 82 valence electrons.